The van der Waals surface area contributed by atoms with E-state index in [9.17, 15) is 0 Å². The Morgan fingerprint density at radius 2 is 2.54 bits per heavy atom. The first kappa shape index (κ1) is 9.09. The lowest BCUT2D eigenvalue weighted by Gasteiger charge is -2.14. The Hall–Kier alpha value is -0.480. The highest BCUT2D eigenvalue weighted by Gasteiger charge is 2.31. The summed E-state index contributed by atoms with van der Waals surface area (Å²) in [6.07, 6.45) is 3.83. The molecular weight excluding hydrogens is 182 g/mol. The summed E-state index contributed by atoms with van der Waals surface area (Å²) in [5.74, 6) is 0.892. The Kier molecular flexibility index (Phi) is 2.90. The third-order valence-electron chi connectivity index (χ3n) is 2.46. The lowest BCUT2D eigenvalue weighted by atomic mass is 10.1. The van der Waals surface area contributed by atoms with Crippen molar-refractivity contribution < 1.29 is 0 Å². The number of hydrogen-bond acceptors (Lipinski definition) is 4. The molecule has 1 fully saturated rings. The molecule has 1 N–H and O–H groups in total. The van der Waals surface area contributed by atoms with Crippen molar-refractivity contribution in [3.63, 3.8) is 0 Å². The van der Waals surface area contributed by atoms with Crippen LogP contribution in [-0.2, 0) is 6.42 Å². The number of nitrogens with zero attached hydrogens (tertiary/aromatic N) is 2. The number of nitrogens with one attached hydrogen (secondary N) is 1. The lowest BCUT2D eigenvalue weighted by Crippen LogP contribution is -2.32. The van der Waals surface area contributed by atoms with Gasteiger partial charge in [-0.05, 0) is 25.3 Å². The van der Waals surface area contributed by atoms with E-state index >= 15 is 0 Å². The summed E-state index contributed by atoms with van der Waals surface area (Å²) in [4.78, 5) is 0. The summed E-state index contributed by atoms with van der Waals surface area (Å²) in [6, 6.07) is 0.637. The van der Waals surface area contributed by atoms with Gasteiger partial charge in [-0.3, -0.25) is 0 Å². The van der Waals surface area contributed by atoms with Crippen LogP contribution in [0.5, 0.6) is 0 Å². The Labute approximate surface area is 82.6 Å². The molecular formula is C9H15N3S. The summed E-state index contributed by atoms with van der Waals surface area (Å²) >= 11 is 1.66. The van der Waals surface area contributed by atoms with Crippen LogP contribution in [0.2, 0.25) is 0 Å². The van der Waals surface area contributed by atoms with Gasteiger partial charge in [-0.2, -0.15) is 0 Å². The molecule has 0 spiro atoms. The van der Waals surface area contributed by atoms with Gasteiger partial charge in [-0.1, -0.05) is 6.92 Å². The van der Waals surface area contributed by atoms with Gasteiger partial charge >= 0.3 is 0 Å². The van der Waals surface area contributed by atoms with E-state index in [1.54, 1.807) is 11.3 Å². The smallest absolute Gasteiger partial charge is 0.118 e. The molecule has 0 amide bonds. The Morgan fingerprint density at radius 3 is 3.08 bits per heavy atom. The molecule has 4 heteroatoms. The second-order valence-electron chi connectivity index (χ2n) is 3.54. The Morgan fingerprint density at radius 1 is 1.69 bits per heavy atom. The van der Waals surface area contributed by atoms with E-state index in [-0.39, 0.29) is 0 Å². The first-order valence-corrected chi connectivity index (χ1v) is 5.76. The van der Waals surface area contributed by atoms with E-state index in [0.29, 0.717) is 6.04 Å². The van der Waals surface area contributed by atoms with Gasteiger partial charge in [0.05, 0.1) is 0 Å². The molecule has 1 heterocycles. The molecule has 0 aromatic carbocycles. The minimum Gasteiger partial charge on any atom is -0.314 e. The molecule has 0 radical (unpaired) electrons. The van der Waals surface area contributed by atoms with Gasteiger partial charge in [0.15, 0.2) is 0 Å². The molecule has 13 heavy (non-hydrogen) atoms. The van der Waals surface area contributed by atoms with Crippen molar-refractivity contribution >= 4 is 11.3 Å². The van der Waals surface area contributed by atoms with Crippen molar-refractivity contribution in [3.05, 3.63) is 10.5 Å². The normalized spacial score (nSPS) is 18.8. The van der Waals surface area contributed by atoms with Crippen LogP contribution in [0.1, 0.15) is 24.8 Å². The fourth-order valence-corrected chi connectivity index (χ4v) is 2.23. The zero-order valence-electron chi connectivity index (χ0n) is 7.86. The predicted octanol–water partition coefficient (Wildman–Crippen LogP) is 1.47. The van der Waals surface area contributed by atoms with Crippen LogP contribution in [-0.4, -0.2) is 22.8 Å². The second-order valence-corrected chi connectivity index (χ2v) is 4.46. The highest BCUT2D eigenvalue weighted by atomic mass is 32.1. The molecule has 1 unspecified atom stereocenters. The molecule has 3 nitrogen and oxygen atoms in total. The van der Waals surface area contributed by atoms with E-state index in [0.717, 1.165) is 23.9 Å². The summed E-state index contributed by atoms with van der Waals surface area (Å²) in [5, 5.41) is 12.6. The number of hydrogen-bond donors (Lipinski definition) is 1. The number of rotatable bonds is 5. The minimum absolute atomic E-state index is 0.637. The standard InChI is InChI=1S/C9H15N3S/c1-2-10-8(7-3-4-7)5-9-12-11-6-13-9/h6-8,10H,2-5H2,1H3. The summed E-state index contributed by atoms with van der Waals surface area (Å²) < 4.78 is 0. The van der Waals surface area contributed by atoms with Crippen molar-refractivity contribution in [2.24, 2.45) is 5.92 Å². The van der Waals surface area contributed by atoms with E-state index in [1.807, 2.05) is 5.51 Å². The molecule has 0 bridgehead atoms. The van der Waals surface area contributed by atoms with Crippen molar-refractivity contribution in [3.8, 4) is 0 Å². The maximum Gasteiger partial charge on any atom is 0.118 e. The summed E-state index contributed by atoms with van der Waals surface area (Å²) in [5.41, 5.74) is 1.81. The summed E-state index contributed by atoms with van der Waals surface area (Å²) in [7, 11) is 0. The number of likely N-dealkylation sites (N-methyl/N-ethyl adjacent to an activating group) is 1. The molecule has 1 aromatic heterocycles. The van der Waals surface area contributed by atoms with Crippen LogP contribution in [0.4, 0.5) is 0 Å². The molecule has 1 aliphatic carbocycles. The van der Waals surface area contributed by atoms with Crippen molar-refractivity contribution in [2.45, 2.75) is 32.2 Å². The Bertz CT molecular complexity index is 243. The van der Waals surface area contributed by atoms with Gasteiger partial charge in [0.25, 0.3) is 0 Å². The molecule has 1 saturated carbocycles. The molecule has 1 atom stereocenters. The average molecular weight is 197 g/mol. The average Bonchev–Trinajstić information content (AvgIpc) is 2.85. The van der Waals surface area contributed by atoms with Gasteiger partial charge in [0.1, 0.15) is 10.5 Å². The highest BCUT2D eigenvalue weighted by Crippen LogP contribution is 2.34. The van der Waals surface area contributed by atoms with Crippen LogP contribution in [0, 0.1) is 5.92 Å². The zero-order valence-corrected chi connectivity index (χ0v) is 8.68. The highest BCUT2D eigenvalue weighted by molar-refractivity contribution is 7.09. The van der Waals surface area contributed by atoms with Crippen LogP contribution in [0.15, 0.2) is 5.51 Å². The SMILES string of the molecule is CCNC(Cc1nncs1)C1CC1. The third kappa shape index (κ3) is 2.48. The number of aromatic nitrogens is 2. The fraction of sp³-hybridized carbons (Fsp3) is 0.778. The van der Waals surface area contributed by atoms with E-state index < -0.39 is 0 Å². The molecule has 0 saturated heterocycles. The topological polar surface area (TPSA) is 37.8 Å². The summed E-state index contributed by atoms with van der Waals surface area (Å²) in [6.45, 7) is 3.22. The van der Waals surface area contributed by atoms with E-state index in [1.165, 1.54) is 12.8 Å². The monoisotopic (exact) mass is 197 g/mol. The van der Waals surface area contributed by atoms with Crippen LogP contribution in [0.25, 0.3) is 0 Å². The van der Waals surface area contributed by atoms with E-state index in [4.69, 9.17) is 0 Å². The molecule has 72 valence electrons. The fourth-order valence-electron chi connectivity index (χ4n) is 1.64. The quantitative estimate of drug-likeness (QED) is 0.776. The van der Waals surface area contributed by atoms with Crippen molar-refractivity contribution in [2.75, 3.05) is 6.54 Å². The zero-order chi connectivity index (χ0) is 9.10. The van der Waals surface area contributed by atoms with Crippen LogP contribution in [0.3, 0.4) is 0 Å². The third-order valence-corrected chi connectivity index (χ3v) is 3.18. The molecule has 2 rings (SSSR count). The maximum atomic E-state index is 4.08. The van der Waals surface area contributed by atoms with Crippen LogP contribution < -0.4 is 5.32 Å². The van der Waals surface area contributed by atoms with Crippen LogP contribution >= 0.6 is 11.3 Å². The van der Waals surface area contributed by atoms with Gasteiger partial charge in [0, 0.05) is 12.5 Å². The molecule has 1 aromatic rings. The van der Waals surface area contributed by atoms with Gasteiger partial charge in [-0.15, -0.1) is 21.5 Å². The Balaban J connectivity index is 1.89. The largest absolute Gasteiger partial charge is 0.314 e. The van der Waals surface area contributed by atoms with Gasteiger partial charge in [0.2, 0.25) is 0 Å². The van der Waals surface area contributed by atoms with Gasteiger partial charge in [-0.25, -0.2) is 0 Å². The van der Waals surface area contributed by atoms with Gasteiger partial charge < -0.3 is 5.32 Å². The van der Waals surface area contributed by atoms with Crippen molar-refractivity contribution in [1.29, 1.82) is 0 Å². The van der Waals surface area contributed by atoms with Crippen molar-refractivity contribution in [1.82, 2.24) is 15.5 Å². The predicted molar refractivity (Wildman–Crippen MR) is 53.8 cm³/mol. The van der Waals surface area contributed by atoms with E-state index in [2.05, 4.69) is 22.4 Å². The molecule has 1 aliphatic rings. The molecule has 0 aliphatic heterocycles. The maximum absolute atomic E-state index is 4.08. The first-order valence-electron chi connectivity index (χ1n) is 4.88. The minimum atomic E-state index is 0.637. The second kappa shape index (κ2) is 4.15. The first-order chi connectivity index (χ1) is 6.40. The lowest BCUT2D eigenvalue weighted by molar-refractivity contribution is 0.470.